The predicted octanol–water partition coefficient (Wildman–Crippen LogP) is 3.08. The van der Waals surface area contributed by atoms with Gasteiger partial charge in [-0.1, -0.05) is 47.0 Å². The normalized spacial score (nSPS) is 19.3. The number of ketones is 1. The van der Waals surface area contributed by atoms with Gasteiger partial charge in [-0.05, 0) is 25.2 Å². The first-order valence-electron chi connectivity index (χ1n) is 7.21. The lowest BCUT2D eigenvalue weighted by molar-refractivity contribution is -0.143. The van der Waals surface area contributed by atoms with Gasteiger partial charge in [0.25, 0.3) is 5.91 Å². The van der Waals surface area contributed by atoms with Crippen LogP contribution in [0, 0.1) is 11.3 Å². The zero-order valence-electron chi connectivity index (χ0n) is 12.2. The SMILES string of the molecule is CCC(NC(=O)C(=O)C(C)(C)C)C1CCCCC1. The molecular weight excluding hydrogens is 226 g/mol. The van der Waals surface area contributed by atoms with Gasteiger partial charge < -0.3 is 5.32 Å². The van der Waals surface area contributed by atoms with Gasteiger partial charge in [0.05, 0.1) is 0 Å². The van der Waals surface area contributed by atoms with Crippen molar-refractivity contribution in [3.05, 3.63) is 0 Å². The number of hydrogen-bond acceptors (Lipinski definition) is 2. The summed E-state index contributed by atoms with van der Waals surface area (Å²) >= 11 is 0. The van der Waals surface area contributed by atoms with Crippen molar-refractivity contribution in [1.29, 1.82) is 0 Å². The van der Waals surface area contributed by atoms with Crippen molar-refractivity contribution in [3.8, 4) is 0 Å². The van der Waals surface area contributed by atoms with Crippen LogP contribution in [0.25, 0.3) is 0 Å². The molecule has 1 N–H and O–H groups in total. The Balaban J connectivity index is 2.57. The summed E-state index contributed by atoms with van der Waals surface area (Å²) in [6, 6.07) is 0.170. The molecule has 3 nitrogen and oxygen atoms in total. The molecule has 0 heterocycles. The number of amides is 1. The standard InChI is InChI=1S/C15H27NO2/c1-5-12(11-9-7-6-8-10-11)16-14(18)13(17)15(2,3)4/h11-12H,5-10H2,1-4H3,(H,16,18). The zero-order valence-corrected chi connectivity index (χ0v) is 12.2. The van der Waals surface area contributed by atoms with Crippen molar-refractivity contribution >= 4 is 11.7 Å². The molecule has 1 amide bonds. The van der Waals surface area contributed by atoms with Crippen molar-refractivity contribution < 1.29 is 9.59 Å². The first-order chi connectivity index (χ1) is 8.36. The van der Waals surface area contributed by atoms with E-state index in [9.17, 15) is 9.59 Å². The lowest BCUT2D eigenvalue weighted by Gasteiger charge is -2.30. The van der Waals surface area contributed by atoms with Gasteiger partial charge >= 0.3 is 0 Å². The van der Waals surface area contributed by atoms with E-state index in [0.717, 1.165) is 6.42 Å². The maximum absolute atomic E-state index is 11.9. The fraction of sp³-hybridized carbons (Fsp3) is 0.867. The largest absolute Gasteiger partial charge is 0.346 e. The van der Waals surface area contributed by atoms with Crippen molar-refractivity contribution in [2.45, 2.75) is 72.3 Å². The van der Waals surface area contributed by atoms with Gasteiger partial charge in [-0.2, -0.15) is 0 Å². The van der Waals surface area contributed by atoms with Crippen molar-refractivity contribution in [3.63, 3.8) is 0 Å². The van der Waals surface area contributed by atoms with E-state index in [-0.39, 0.29) is 11.8 Å². The molecule has 0 bridgehead atoms. The van der Waals surface area contributed by atoms with Crippen LogP contribution in [0.4, 0.5) is 0 Å². The summed E-state index contributed by atoms with van der Waals surface area (Å²) in [7, 11) is 0. The summed E-state index contributed by atoms with van der Waals surface area (Å²) in [5.74, 6) is -0.155. The molecule has 1 fully saturated rings. The third kappa shape index (κ3) is 4.11. The van der Waals surface area contributed by atoms with Crippen molar-refractivity contribution in [1.82, 2.24) is 5.32 Å². The van der Waals surface area contributed by atoms with Crippen molar-refractivity contribution in [2.24, 2.45) is 11.3 Å². The van der Waals surface area contributed by atoms with Crippen molar-refractivity contribution in [2.75, 3.05) is 0 Å². The molecule has 1 unspecified atom stereocenters. The van der Waals surface area contributed by atoms with E-state index < -0.39 is 11.3 Å². The summed E-state index contributed by atoms with van der Waals surface area (Å²) < 4.78 is 0. The molecule has 1 rings (SSSR count). The second-order valence-electron chi connectivity index (χ2n) is 6.47. The van der Waals surface area contributed by atoms with Crippen LogP contribution in [-0.2, 0) is 9.59 Å². The molecule has 18 heavy (non-hydrogen) atoms. The molecule has 104 valence electrons. The van der Waals surface area contributed by atoms with E-state index in [2.05, 4.69) is 12.2 Å². The average molecular weight is 253 g/mol. The minimum atomic E-state index is -0.588. The van der Waals surface area contributed by atoms with Gasteiger partial charge in [-0.15, -0.1) is 0 Å². The van der Waals surface area contributed by atoms with Crippen LogP contribution < -0.4 is 5.32 Å². The van der Waals surface area contributed by atoms with Crippen LogP contribution in [0.1, 0.15) is 66.2 Å². The molecule has 0 aromatic rings. The minimum Gasteiger partial charge on any atom is -0.346 e. The quantitative estimate of drug-likeness (QED) is 0.783. The van der Waals surface area contributed by atoms with Crippen LogP contribution in [0.5, 0.6) is 0 Å². The van der Waals surface area contributed by atoms with Gasteiger partial charge in [-0.25, -0.2) is 0 Å². The third-order valence-electron chi connectivity index (χ3n) is 3.86. The maximum atomic E-state index is 11.9. The molecular formula is C15H27NO2. The highest BCUT2D eigenvalue weighted by atomic mass is 16.2. The molecule has 1 saturated carbocycles. The van der Waals surface area contributed by atoms with Crippen LogP contribution in [0.2, 0.25) is 0 Å². The van der Waals surface area contributed by atoms with Gasteiger partial charge in [0.2, 0.25) is 5.78 Å². The highest BCUT2D eigenvalue weighted by Crippen LogP contribution is 2.28. The highest BCUT2D eigenvalue weighted by Gasteiger charge is 2.31. The number of carbonyl (C=O) groups excluding carboxylic acids is 2. The van der Waals surface area contributed by atoms with E-state index in [1.54, 1.807) is 20.8 Å². The van der Waals surface area contributed by atoms with E-state index in [1.165, 1.54) is 32.1 Å². The van der Waals surface area contributed by atoms with Gasteiger partial charge in [0.15, 0.2) is 0 Å². The van der Waals surface area contributed by atoms with Gasteiger partial charge in [-0.3, -0.25) is 9.59 Å². The number of rotatable bonds is 4. The van der Waals surface area contributed by atoms with Crippen LogP contribution in [0.3, 0.4) is 0 Å². The van der Waals surface area contributed by atoms with E-state index in [0.29, 0.717) is 5.92 Å². The molecule has 1 atom stereocenters. The zero-order chi connectivity index (χ0) is 13.8. The second-order valence-corrected chi connectivity index (χ2v) is 6.47. The highest BCUT2D eigenvalue weighted by molar-refractivity contribution is 6.37. The Labute approximate surface area is 111 Å². The number of Topliss-reactive ketones (excluding diaryl/α,β-unsaturated/α-hetero) is 1. The summed E-state index contributed by atoms with van der Waals surface area (Å²) in [6.45, 7) is 7.45. The molecule has 0 aliphatic heterocycles. The molecule has 0 saturated heterocycles. The topological polar surface area (TPSA) is 46.2 Å². The summed E-state index contributed by atoms with van der Waals surface area (Å²) in [5, 5.41) is 2.95. The summed E-state index contributed by atoms with van der Waals surface area (Å²) in [4.78, 5) is 23.8. The maximum Gasteiger partial charge on any atom is 0.288 e. The molecule has 0 aromatic heterocycles. The third-order valence-corrected chi connectivity index (χ3v) is 3.86. The Morgan fingerprint density at radius 1 is 1.17 bits per heavy atom. The summed E-state index contributed by atoms with van der Waals surface area (Å²) in [5.41, 5.74) is -0.588. The Bertz CT molecular complexity index is 298. The molecule has 3 heteroatoms. The van der Waals surface area contributed by atoms with Crippen LogP contribution in [-0.4, -0.2) is 17.7 Å². The fourth-order valence-corrected chi connectivity index (χ4v) is 2.66. The predicted molar refractivity (Wildman–Crippen MR) is 73.3 cm³/mol. The fourth-order valence-electron chi connectivity index (χ4n) is 2.66. The monoisotopic (exact) mass is 253 g/mol. The summed E-state index contributed by atoms with van der Waals surface area (Å²) in [6.07, 6.45) is 7.09. The van der Waals surface area contributed by atoms with E-state index in [1.807, 2.05) is 0 Å². The first-order valence-corrected chi connectivity index (χ1v) is 7.21. The van der Waals surface area contributed by atoms with E-state index >= 15 is 0 Å². The smallest absolute Gasteiger partial charge is 0.288 e. The Morgan fingerprint density at radius 3 is 2.17 bits per heavy atom. The minimum absolute atomic E-state index is 0.170. The molecule has 0 aromatic carbocycles. The second kappa shape index (κ2) is 6.35. The lowest BCUT2D eigenvalue weighted by Crippen LogP contribution is -2.46. The van der Waals surface area contributed by atoms with Crippen LogP contribution >= 0.6 is 0 Å². The van der Waals surface area contributed by atoms with Crippen LogP contribution in [0.15, 0.2) is 0 Å². The van der Waals surface area contributed by atoms with Gasteiger partial charge in [0.1, 0.15) is 0 Å². The average Bonchev–Trinajstić information content (AvgIpc) is 2.34. The molecule has 1 aliphatic carbocycles. The number of hydrogen-bond donors (Lipinski definition) is 1. The Morgan fingerprint density at radius 2 is 1.72 bits per heavy atom. The molecule has 0 radical (unpaired) electrons. The number of carbonyl (C=O) groups is 2. The molecule has 0 spiro atoms. The Kier molecular flexibility index (Phi) is 5.36. The first kappa shape index (κ1) is 15.2. The van der Waals surface area contributed by atoms with E-state index in [4.69, 9.17) is 0 Å². The van der Waals surface area contributed by atoms with Gasteiger partial charge in [0, 0.05) is 11.5 Å². The molecule has 1 aliphatic rings. The Hall–Kier alpha value is -0.860. The lowest BCUT2D eigenvalue weighted by atomic mass is 9.82. The number of nitrogens with one attached hydrogen (secondary N) is 1.